The van der Waals surface area contributed by atoms with Gasteiger partial charge in [0.1, 0.15) is 0 Å². The molecule has 132 valence electrons. The van der Waals surface area contributed by atoms with Crippen molar-refractivity contribution in [3.8, 4) is 0 Å². The van der Waals surface area contributed by atoms with Gasteiger partial charge in [-0.15, -0.1) is 22.7 Å². The molecule has 0 aliphatic heterocycles. The van der Waals surface area contributed by atoms with E-state index >= 15 is 0 Å². The van der Waals surface area contributed by atoms with E-state index in [2.05, 4.69) is 36.4 Å². The van der Waals surface area contributed by atoms with Gasteiger partial charge in [-0.2, -0.15) is 0 Å². The number of hydrogen-bond acceptors (Lipinski definition) is 4. The number of thiophene rings is 2. The number of benzene rings is 3. The number of Topliss-reactive ketones (excluding diaryl/α,β-unsaturated/α-hetero) is 2. The number of ketones is 2. The zero-order chi connectivity index (χ0) is 18.6. The topological polar surface area (TPSA) is 34.1 Å². The predicted octanol–water partition coefficient (Wildman–Crippen LogP) is 6.00. The molecule has 2 atom stereocenters. The van der Waals surface area contributed by atoms with Crippen molar-refractivity contribution in [3.63, 3.8) is 0 Å². The quantitative estimate of drug-likeness (QED) is 0.301. The Labute approximate surface area is 168 Å². The van der Waals surface area contributed by atoms with Gasteiger partial charge in [-0.05, 0) is 34.0 Å². The molecular weight excluding hydrogens is 384 g/mol. The molecule has 0 radical (unpaired) electrons. The maximum atomic E-state index is 12.9. The second kappa shape index (κ2) is 4.96. The highest BCUT2D eigenvalue weighted by atomic mass is 32.1. The summed E-state index contributed by atoms with van der Waals surface area (Å²) in [6.45, 7) is 0. The van der Waals surface area contributed by atoms with Gasteiger partial charge in [0.25, 0.3) is 0 Å². The molecule has 4 heteroatoms. The van der Waals surface area contributed by atoms with Crippen LogP contribution in [0.15, 0.2) is 60.7 Å². The maximum Gasteiger partial charge on any atom is 0.212 e. The van der Waals surface area contributed by atoms with Crippen molar-refractivity contribution < 1.29 is 9.59 Å². The molecule has 0 N–H and O–H groups in total. The van der Waals surface area contributed by atoms with Crippen molar-refractivity contribution in [2.24, 2.45) is 0 Å². The van der Waals surface area contributed by atoms with E-state index in [1.165, 1.54) is 30.3 Å². The summed E-state index contributed by atoms with van der Waals surface area (Å²) >= 11 is 3.48. The van der Waals surface area contributed by atoms with Gasteiger partial charge in [0.15, 0.2) is 0 Å². The minimum Gasteiger partial charge on any atom is -0.290 e. The van der Waals surface area contributed by atoms with Gasteiger partial charge in [0.05, 0.1) is 21.2 Å². The van der Waals surface area contributed by atoms with Gasteiger partial charge in [-0.1, -0.05) is 48.5 Å². The van der Waals surface area contributed by atoms with Crippen molar-refractivity contribution in [2.75, 3.05) is 0 Å². The molecule has 8 rings (SSSR count). The van der Waals surface area contributed by atoms with E-state index in [1.54, 1.807) is 22.7 Å². The predicted molar refractivity (Wildman–Crippen MR) is 115 cm³/mol. The summed E-state index contributed by atoms with van der Waals surface area (Å²) in [6.07, 6.45) is 0. The van der Waals surface area contributed by atoms with Gasteiger partial charge in [0.2, 0.25) is 11.6 Å². The third-order valence-electron chi connectivity index (χ3n) is 6.17. The van der Waals surface area contributed by atoms with Crippen LogP contribution in [0.25, 0.3) is 30.3 Å². The van der Waals surface area contributed by atoms with Crippen LogP contribution in [0.1, 0.15) is 33.4 Å². The number of hydrogen-bond donors (Lipinski definition) is 0. The molecule has 0 spiro atoms. The van der Waals surface area contributed by atoms with Crippen LogP contribution in [0.5, 0.6) is 0 Å². The van der Waals surface area contributed by atoms with Crippen LogP contribution in [-0.4, -0.2) is 11.6 Å². The molecule has 5 aromatic rings. The number of carbonyl (C=O) groups is 2. The third kappa shape index (κ3) is 1.65. The van der Waals surface area contributed by atoms with Crippen molar-refractivity contribution in [2.45, 2.75) is 11.8 Å². The van der Waals surface area contributed by atoms with E-state index in [9.17, 15) is 9.59 Å². The minimum atomic E-state index is -0.431. The molecular formula is C24H12O2S2. The van der Waals surface area contributed by atoms with Crippen molar-refractivity contribution >= 4 is 64.5 Å². The first-order chi connectivity index (χ1) is 13.7. The molecule has 0 saturated heterocycles. The van der Waals surface area contributed by atoms with E-state index in [0.717, 1.165) is 21.6 Å². The van der Waals surface area contributed by atoms with Crippen LogP contribution in [0.2, 0.25) is 0 Å². The maximum absolute atomic E-state index is 12.9. The standard InChI is InChI=1S/C24H12O2S2/c25-20-17-13-7-3-4-8-14(13)18(21(20)26)23-19(17)24-22(28-23)15-9-11-5-1-2-6-12(11)10-16(15)27-24/h1-10,17-18H. The Bertz CT molecular complexity index is 1520. The summed E-state index contributed by atoms with van der Waals surface area (Å²) in [6, 6.07) is 20.9. The first-order valence-corrected chi connectivity index (χ1v) is 10.9. The molecule has 2 bridgehead atoms. The van der Waals surface area contributed by atoms with Crippen LogP contribution in [0.3, 0.4) is 0 Å². The lowest BCUT2D eigenvalue weighted by Crippen LogP contribution is -2.39. The minimum absolute atomic E-state index is 0.236. The summed E-state index contributed by atoms with van der Waals surface area (Å²) in [7, 11) is 0. The molecule has 3 aromatic carbocycles. The summed E-state index contributed by atoms with van der Waals surface area (Å²) in [5.74, 6) is -1.32. The first-order valence-electron chi connectivity index (χ1n) is 9.27. The summed E-state index contributed by atoms with van der Waals surface area (Å²) in [5, 5.41) is 3.69. The fourth-order valence-corrected chi connectivity index (χ4v) is 7.93. The smallest absolute Gasteiger partial charge is 0.212 e. The van der Waals surface area contributed by atoms with E-state index in [-0.39, 0.29) is 11.6 Å². The van der Waals surface area contributed by atoms with Gasteiger partial charge in [0, 0.05) is 20.5 Å². The normalized spacial score (nSPS) is 20.3. The van der Waals surface area contributed by atoms with Crippen LogP contribution in [-0.2, 0) is 9.59 Å². The summed E-state index contributed by atoms with van der Waals surface area (Å²) < 4.78 is 3.66. The Morgan fingerprint density at radius 1 is 0.679 bits per heavy atom. The third-order valence-corrected chi connectivity index (χ3v) is 8.79. The molecule has 28 heavy (non-hydrogen) atoms. The number of fused-ring (bicyclic) bond motifs is 5. The van der Waals surface area contributed by atoms with Crippen LogP contribution in [0.4, 0.5) is 0 Å². The fourth-order valence-electron chi connectivity index (χ4n) is 4.95. The van der Waals surface area contributed by atoms with Crippen molar-refractivity contribution in [1.29, 1.82) is 0 Å². The molecule has 3 aliphatic rings. The molecule has 0 fully saturated rings. The molecule has 2 heterocycles. The van der Waals surface area contributed by atoms with Gasteiger partial charge in [-0.3, -0.25) is 9.59 Å². The molecule has 2 nitrogen and oxygen atoms in total. The van der Waals surface area contributed by atoms with Crippen molar-refractivity contribution in [1.82, 2.24) is 0 Å². The van der Waals surface area contributed by atoms with Crippen LogP contribution < -0.4 is 0 Å². The lowest BCUT2D eigenvalue weighted by atomic mass is 9.65. The average Bonchev–Trinajstić information content (AvgIpc) is 3.25. The first kappa shape index (κ1) is 15.1. The molecule has 0 saturated carbocycles. The Morgan fingerprint density at radius 2 is 1.32 bits per heavy atom. The highest BCUT2D eigenvalue weighted by molar-refractivity contribution is 7.33. The summed E-state index contributed by atoms with van der Waals surface area (Å²) in [4.78, 5) is 26.8. The Balaban J connectivity index is 1.62. The fraction of sp³-hybridized carbons (Fsp3) is 0.0833. The second-order valence-corrected chi connectivity index (χ2v) is 9.66. The Kier molecular flexibility index (Phi) is 2.68. The lowest BCUT2D eigenvalue weighted by Gasteiger charge is -2.35. The Hall–Kier alpha value is -2.82. The molecule has 2 aromatic heterocycles. The molecule has 0 amide bonds. The van der Waals surface area contributed by atoms with Crippen molar-refractivity contribution in [3.05, 3.63) is 82.2 Å². The van der Waals surface area contributed by atoms with Gasteiger partial charge in [-0.25, -0.2) is 0 Å². The van der Waals surface area contributed by atoms with Gasteiger partial charge < -0.3 is 0 Å². The Morgan fingerprint density at radius 3 is 2.11 bits per heavy atom. The average molecular weight is 396 g/mol. The highest BCUT2D eigenvalue weighted by Gasteiger charge is 2.51. The zero-order valence-corrected chi connectivity index (χ0v) is 16.2. The largest absolute Gasteiger partial charge is 0.290 e. The highest BCUT2D eigenvalue weighted by Crippen LogP contribution is 2.57. The van der Waals surface area contributed by atoms with E-state index in [0.29, 0.717) is 0 Å². The lowest BCUT2D eigenvalue weighted by molar-refractivity contribution is -0.138. The monoisotopic (exact) mass is 396 g/mol. The van der Waals surface area contributed by atoms with E-state index in [4.69, 9.17) is 0 Å². The van der Waals surface area contributed by atoms with E-state index in [1.807, 2.05) is 24.3 Å². The van der Waals surface area contributed by atoms with Crippen LogP contribution >= 0.6 is 22.7 Å². The number of carbonyl (C=O) groups excluding carboxylic acids is 2. The SMILES string of the molecule is O=C1C(=O)C2c3ccccc3C1c1sc3c(sc4cc5ccccc5cc43)c12. The molecule has 2 unspecified atom stereocenters. The van der Waals surface area contributed by atoms with Gasteiger partial charge >= 0.3 is 0 Å². The zero-order valence-electron chi connectivity index (χ0n) is 14.6. The van der Waals surface area contributed by atoms with E-state index < -0.39 is 11.8 Å². The van der Waals surface area contributed by atoms with Crippen LogP contribution in [0, 0.1) is 0 Å². The number of rotatable bonds is 0. The summed E-state index contributed by atoms with van der Waals surface area (Å²) in [5.41, 5.74) is 3.14. The second-order valence-electron chi connectivity index (χ2n) is 7.56. The molecule has 3 aliphatic carbocycles.